The smallest absolute Gasteiger partial charge is 0.364 e. The molecule has 26 heavy (non-hydrogen) atoms. The Morgan fingerprint density at radius 1 is 0.885 bits per heavy atom. The maximum absolute atomic E-state index is 11.7. The van der Waals surface area contributed by atoms with Gasteiger partial charge in [-0.05, 0) is 22.3 Å². The standard InChI is InChI=1S/C20H18O6/c21-17(22)9-10-20(18(23)24)25-11-19(12-26-20)15-7-3-1-5-13(15)14-6-2-4-8-16(14)19/h1-8H,9-12H2,(H,21,22)(H,23,24). The molecule has 1 heterocycles. The molecule has 134 valence electrons. The first-order valence-corrected chi connectivity index (χ1v) is 8.41. The summed E-state index contributed by atoms with van der Waals surface area (Å²) in [5, 5.41) is 18.5. The SMILES string of the molecule is O=C(O)CCC1(C(=O)O)OCC2(CO1)c1ccccc1-c1ccccc12. The van der Waals surface area contributed by atoms with Gasteiger partial charge >= 0.3 is 11.9 Å². The zero-order chi connectivity index (χ0) is 18.4. The zero-order valence-corrected chi connectivity index (χ0v) is 14.0. The number of carboxylic acids is 2. The molecule has 1 spiro atoms. The van der Waals surface area contributed by atoms with E-state index in [4.69, 9.17) is 14.6 Å². The topological polar surface area (TPSA) is 93.1 Å². The lowest BCUT2D eigenvalue weighted by molar-refractivity contribution is -0.282. The number of benzene rings is 2. The molecule has 1 aliphatic heterocycles. The maximum atomic E-state index is 11.7. The zero-order valence-electron chi connectivity index (χ0n) is 14.0. The van der Waals surface area contributed by atoms with Crippen LogP contribution >= 0.6 is 0 Å². The summed E-state index contributed by atoms with van der Waals surface area (Å²) < 4.78 is 11.5. The molecule has 0 amide bonds. The van der Waals surface area contributed by atoms with Crippen LogP contribution in [0.1, 0.15) is 24.0 Å². The van der Waals surface area contributed by atoms with Gasteiger partial charge in [0.25, 0.3) is 5.79 Å². The van der Waals surface area contributed by atoms with Crippen LogP contribution in [0.25, 0.3) is 11.1 Å². The summed E-state index contributed by atoms with van der Waals surface area (Å²) >= 11 is 0. The Hall–Kier alpha value is -2.70. The molecule has 4 rings (SSSR count). The second kappa shape index (κ2) is 5.93. The Labute approximate surface area is 150 Å². The number of rotatable bonds is 4. The monoisotopic (exact) mass is 354 g/mol. The van der Waals surface area contributed by atoms with Gasteiger partial charge < -0.3 is 19.7 Å². The van der Waals surface area contributed by atoms with Crippen LogP contribution in [0.2, 0.25) is 0 Å². The molecule has 6 nitrogen and oxygen atoms in total. The van der Waals surface area contributed by atoms with Crippen molar-refractivity contribution in [3.63, 3.8) is 0 Å². The van der Waals surface area contributed by atoms with Crippen molar-refractivity contribution < 1.29 is 29.3 Å². The average Bonchev–Trinajstić information content (AvgIpc) is 2.92. The van der Waals surface area contributed by atoms with Crippen molar-refractivity contribution in [2.75, 3.05) is 13.2 Å². The maximum Gasteiger partial charge on any atom is 0.364 e. The van der Waals surface area contributed by atoms with Crippen LogP contribution in [-0.2, 0) is 24.5 Å². The van der Waals surface area contributed by atoms with Crippen LogP contribution < -0.4 is 0 Å². The number of hydrogen-bond donors (Lipinski definition) is 2. The third-order valence-corrected chi connectivity index (χ3v) is 5.27. The number of aliphatic carboxylic acids is 2. The molecular weight excluding hydrogens is 336 g/mol. The van der Waals surface area contributed by atoms with Crippen LogP contribution in [0.4, 0.5) is 0 Å². The highest BCUT2D eigenvalue weighted by Gasteiger charge is 2.54. The van der Waals surface area contributed by atoms with Crippen LogP contribution in [-0.4, -0.2) is 41.2 Å². The van der Waals surface area contributed by atoms with Gasteiger partial charge in [0.15, 0.2) is 0 Å². The van der Waals surface area contributed by atoms with Gasteiger partial charge in [0, 0.05) is 6.42 Å². The van der Waals surface area contributed by atoms with Crippen LogP contribution in [0.3, 0.4) is 0 Å². The number of fused-ring (bicyclic) bond motifs is 5. The number of ether oxygens (including phenoxy) is 2. The Kier molecular flexibility index (Phi) is 3.82. The van der Waals surface area contributed by atoms with E-state index in [1.165, 1.54) is 0 Å². The van der Waals surface area contributed by atoms with E-state index in [1.54, 1.807) is 0 Å². The molecule has 1 fully saturated rings. The summed E-state index contributed by atoms with van der Waals surface area (Å²) in [6.07, 6.45) is -0.580. The summed E-state index contributed by atoms with van der Waals surface area (Å²) in [6.45, 7) is 0.236. The fourth-order valence-corrected chi connectivity index (χ4v) is 3.94. The lowest BCUT2D eigenvalue weighted by Crippen LogP contribution is -2.55. The van der Waals surface area contributed by atoms with Crippen molar-refractivity contribution in [3.05, 3.63) is 59.7 Å². The van der Waals surface area contributed by atoms with Gasteiger partial charge in [0.05, 0.1) is 25.0 Å². The third kappa shape index (κ3) is 2.34. The Morgan fingerprint density at radius 2 is 1.38 bits per heavy atom. The summed E-state index contributed by atoms with van der Waals surface area (Å²) in [7, 11) is 0. The first-order chi connectivity index (χ1) is 12.5. The van der Waals surface area contributed by atoms with E-state index in [0.717, 1.165) is 22.3 Å². The molecule has 6 heteroatoms. The van der Waals surface area contributed by atoms with E-state index in [-0.39, 0.29) is 26.1 Å². The Balaban J connectivity index is 1.72. The molecule has 0 aromatic heterocycles. The summed E-state index contributed by atoms with van der Waals surface area (Å²) in [5.41, 5.74) is 3.67. The molecule has 2 aromatic carbocycles. The molecule has 1 saturated heterocycles. The molecule has 0 bridgehead atoms. The molecule has 2 N–H and O–H groups in total. The largest absolute Gasteiger partial charge is 0.481 e. The minimum atomic E-state index is -1.92. The van der Waals surface area contributed by atoms with Gasteiger partial charge in [-0.2, -0.15) is 0 Å². The fourth-order valence-electron chi connectivity index (χ4n) is 3.94. The first kappa shape index (κ1) is 16.8. The van der Waals surface area contributed by atoms with Gasteiger partial charge in [-0.3, -0.25) is 4.79 Å². The molecule has 0 unspecified atom stereocenters. The second-order valence-electron chi connectivity index (χ2n) is 6.70. The van der Waals surface area contributed by atoms with Gasteiger partial charge in [0.1, 0.15) is 0 Å². The van der Waals surface area contributed by atoms with Crippen molar-refractivity contribution in [2.24, 2.45) is 0 Å². The van der Waals surface area contributed by atoms with E-state index >= 15 is 0 Å². The predicted molar refractivity (Wildman–Crippen MR) is 91.8 cm³/mol. The highest BCUT2D eigenvalue weighted by molar-refractivity contribution is 5.82. The summed E-state index contributed by atoms with van der Waals surface area (Å²) in [6, 6.07) is 15.9. The second-order valence-corrected chi connectivity index (χ2v) is 6.70. The minimum Gasteiger partial charge on any atom is -0.481 e. The van der Waals surface area contributed by atoms with Gasteiger partial charge in [-0.1, -0.05) is 48.5 Å². The van der Waals surface area contributed by atoms with E-state index in [2.05, 4.69) is 0 Å². The number of carboxylic acid groups (broad SMARTS) is 2. The Morgan fingerprint density at radius 3 is 1.85 bits per heavy atom. The fraction of sp³-hybridized carbons (Fsp3) is 0.300. The first-order valence-electron chi connectivity index (χ1n) is 8.41. The van der Waals surface area contributed by atoms with Crippen molar-refractivity contribution >= 4 is 11.9 Å². The van der Waals surface area contributed by atoms with Gasteiger partial charge in [-0.25, -0.2) is 4.79 Å². The van der Waals surface area contributed by atoms with Crippen LogP contribution in [0.15, 0.2) is 48.5 Å². The van der Waals surface area contributed by atoms with Crippen LogP contribution in [0, 0.1) is 0 Å². The molecule has 2 aromatic rings. The minimum absolute atomic E-state index is 0.118. The van der Waals surface area contributed by atoms with E-state index in [0.29, 0.717) is 0 Å². The van der Waals surface area contributed by atoms with Crippen molar-refractivity contribution in [2.45, 2.75) is 24.0 Å². The van der Waals surface area contributed by atoms with Crippen molar-refractivity contribution in [3.8, 4) is 11.1 Å². The van der Waals surface area contributed by atoms with Crippen molar-refractivity contribution in [1.29, 1.82) is 0 Å². The highest BCUT2D eigenvalue weighted by atomic mass is 16.7. The predicted octanol–water partition coefficient (Wildman–Crippen LogP) is 2.65. The number of carbonyl (C=O) groups is 2. The van der Waals surface area contributed by atoms with Crippen molar-refractivity contribution in [1.82, 2.24) is 0 Å². The van der Waals surface area contributed by atoms with Gasteiger partial charge in [0.2, 0.25) is 0 Å². The highest BCUT2D eigenvalue weighted by Crippen LogP contribution is 2.51. The van der Waals surface area contributed by atoms with Crippen LogP contribution in [0.5, 0.6) is 0 Å². The lowest BCUT2D eigenvalue weighted by Gasteiger charge is -2.43. The summed E-state index contributed by atoms with van der Waals surface area (Å²) in [5.74, 6) is -4.31. The van der Waals surface area contributed by atoms with E-state index in [9.17, 15) is 14.7 Å². The lowest BCUT2D eigenvalue weighted by atomic mass is 9.78. The molecular formula is C20H18O6. The van der Waals surface area contributed by atoms with E-state index in [1.807, 2.05) is 48.5 Å². The molecule has 0 saturated carbocycles. The third-order valence-electron chi connectivity index (χ3n) is 5.27. The number of hydrogen-bond acceptors (Lipinski definition) is 4. The average molecular weight is 354 g/mol. The summed E-state index contributed by atoms with van der Waals surface area (Å²) in [4.78, 5) is 22.6. The quantitative estimate of drug-likeness (QED) is 0.877. The molecule has 0 radical (unpaired) electrons. The molecule has 1 aliphatic carbocycles. The van der Waals surface area contributed by atoms with Gasteiger partial charge in [-0.15, -0.1) is 0 Å². The molecule has 0 atom stereocenters. The molecule has 2 aliphatic rings. The normalized spacial score (nSPS) is 18.9. The Bertz CT molecular complexity index is 832. The van der Waals surface area contributed by atoms with E-state index < -0.39 is 23.1 Å².